The third kappa shape index (κ3) is 2.62. The predicted molar refractivity (Wildman–Crippen MR) is 86.0 cm³/mol. The molecule has 2 aliphatic carbocycles. The summed E-state index contributed by atoms with van der Waals surface area (Å²) in [6.07, 6.45) is 4.32. The number of fused-ring (bicyclic) bond motifs is 1. The Labute approximate surface area is 130 Å². The molecule has 2 aliphatic rings. The lowest BCUT2D eigenvalue weighted by atomic mass is 9.96. The van der Waals surface area contributed by atoms with Gasteiger partial charge in [0.25, 0.3) is 0 Å². The molecule has 0 amide bonds. The van der Waals surface area contributed by atoms with E-state index in [4.69, 9.17) is 4.74 Å². The highest BCUT2D eigenvalue weighted by molar-refractivity contribution is 9.10. The molecule has 2 nitrogen and oxygen atoms in total. The van der Waals surface area contributed by atoms with Crippen LogP contribution in [0.5, 0.6) is 5.75 Å². The Morgan fingerprint density at radius 1 is 1.30 bits per heavy atom. The molecule has 0 aliphatic heterocycles. The van der Waals surface area contributed by atoms with Crippen LogP contribution in [0.15, 0.2) is 22.7 Å². The van der Waals surface area contributed by atoms with Crippen molar-refractivity contribution in [2.75, 3.05) is 13.2 Å². The first-order chi connectivity index (χ1) is 9.76. The fourth-order valence-electron chi connectivity index (χ4n) is 4.05. The molecule has 0 radical (unpaired) electrons. The van der Waals surface area contributed by atoms with Crippen LogP contribution in [0.2, 0.25) is 0 Å². The van der Waals surface area contributed by atoms with Crippen LogP contribution in [0.25, 0.3) is 0 Å². The molecule has 3 rings (SSSR count). The molecule has 3 atom stereocenters. The topological polar surface area (TPSA) is 21.3 Å². The third-order valence-corrected chi connectivity index (χ3v) is 5.52. The molecule has 0 bridgehead atoms. The van der Waals surface area contributed by atoms with E-state index < -0.39 is 0 Å². The highest BCUT2D eigenvalue weighted by Gasteiger charge is 2.55. The highest BCUT2D eigenvalue weighted by atomic mass is 79.9. The monoisotopic (exact) mass is 337 g/mol. The van der Waals surface area contributed by atoms with Gasteiger partial charge in [-0.2, -0.15) is 0 Å². The molecule has 110 valence electrons. The van der Waals surface area contributed by atoms with Crippen molar-refractivity contribution in [1.29, 1.82) is 0 Å². The van der Waals surface area contributed by atoms with Gasteiger partial charge in [0.1, 0.15) is 5.75 Å². The molecule has 0 saturated heterocycles. The van der Waals surface area contributed by atoms with Gasteiger partial charge >= 0.3 is 0 Å². The van der Waals surface area contributed by atoms with Crippen molar-refractivity contribution in [3.05, 3.63) is 28.2 Å². The molecule has 1 aromatic carbocycles. The number of hydrogen-bond donors (Lipinski definition) is 1. The van der Waals surface area contributed by atoms with Crippen molar-refractivity contribution in [2.24, 2.45) is 17.8 Å². The van der Waals surface area contributed by atoms with E-state index >= 15 is 0 Å². The minimum Gasteiger partial charge on any atom is -0.493 e. The summed E-state index contributed by atoms with van der Waals surface area (Å²) < 4.78 is 6.69. The Morgan fingerprint density at radius 3 is 2.65 bits per heavy atom. The Hall–Kier alpha value is -0.540. The first-order valence-corrected chi connectivity index (χ1v) is 8.71. The molecule has 0 spiro atoms. The lowest BCUT2D eigenvalue weighted by Gasteiger charge is -2.21. The number of rotatable bonds is 6. The van der Waals surface area contributed by atoms with Gasteiger partial charge in [0.05, 0.1) is 11.1 Å². The normalized spacial score (nSPS) is 29.1. The fourth-order valence-corrected chi connectivity index (χ4v) is 4.56. The zero-order valence-electron chi connectivity index (χ0n) is 12.4. The maximum atomic E-state index is 5.61. The van der Waals surface area contributed by atoms with Gasteiger partial charge in [-0.15, -0.1) is 0 Å². The van der Waals surface area contributed by atoms with Crippen molar-refractivity contribution in [2.45, 2.75) is 39.2 Å². The number of nitrogens with one attached hydrogen (secondary N) is 1. The van der Waals surface area contributed by atoms with Crippen molar-refractivity contribution in [3.63, 3.8) is 0 Å². The molecule has 20 heavy (non-hydrogen) atoms. The fraction of sp³-hybridized carbons (Fsp3) is 0.647. The summed E-state index contributed by atoms with van der Waals surface area (Å²) >= 11 is 3.65. The van der Waals surface area contributed by atoms with Crippen molar-refractivity contribution in [1.82, 2.24) is 5.32 Å². The predicted octanol–water partition coefficient (Wildman–Crippen LogP) is 4.54. The highest BCUT2D eigenvalue weighted by Crippen LogP contribution is 2.62. The summed E-state index contributed by atoms with van der Waals surface area (Å²) in [6, 6.07) is 7.09. The number of benzene rings is 1. The Kier molecular flexibility index (Phi) is 4.37. The summed E-state index contributed by atoms with van der Waals surface area (Å²) in [4.78, 5) is 0. The van der Waals surface area contributed by atoms with Crippen molar-refractivity contribution < 1.29 is 4.74 Å². The molecule has 0 aromatic heterocycles. The van der Waals surface area contributed by atoms with Gasteiger partial charge in [-0.1, -0.05) is 19.4 Å². The van der Waals surface area contributed by atoms with E-state index in [2.05, 4.69) is 46.4 Å². The second-order valence-corrected chi connectivity index (χ2v) is 6.85. The van der Waals surface area contributed by atoms with Gasteiger partial charge in [-0.05, 0) is 77.7 Å². The van der Waals surface area contributed by atoms with Crippen LogP contribution in [-0.2, 0) is 0 Å². The van der Waals surface area contributed by atoms with E-state index in [1.807, 2.05) is 6.92 Å². The van der Waals surface area contributed by atoms with Crippen LogP contribution in [0.4, 0.5) is 0 Å². The number of ether oxygens (including phenoxy) is 1. The lowest BCUT2D eigenvalue weighted by Crippen LogP contribution is -2.24. The molecular weight excluding hydrogens is 314 g/mol. The maximum Gasteiger partial charge on any atom is 0.133 e. The quantitative estimate of drug-likeness (QED) is 0.822. The summed E-state index contributed by atoms with van der Waals surface area (Å²) in [6.45, 7) is 5.97. The first kappa shape index (κ1) is 14.4. The molecule has 3 heteroatoms. The molecule has 1 aromatic rings. The van der Waals surface area contributed by atoms with Crippen molar-refractivity contribution in [3.8, 4) is 5.75 Å². The smallest absolute Gasteiger partial charge is 0.133 e. The molecule has 2 saturated carbocycles. The third-order valence-electron chi connectivity index (χ3n) is 4.90. The second-order valence-electron chi connectivity index (χ2n) is 5.99. The number of halogens is 1. The molecule has 0 heterocycles. The van der Waals surface area contributed by atoms with Gasteiger partial charge in [-0.3, -0.25) is 0 Å². The number of hydrogen-bond acceptors (Lipinski definition) is 2. The second kappa shape index (κ2) is 6.07. The Bertz CT molecular complexity index is 466. The van der Waals surface area contributed by atoms with Gasteiger partial charge in [-0.25, -0.2) is 0 Å². The average Bonchev–Trinajstić information content (AvgIpc) is 2.90. The van der Waals surface area contributed by atoms with Gasteiger partial charge < -0.3 is 10.1 Å². The minimum atomic E-state index is 0.516. The van der Waals surface area contributed by atoms with Gasteiger partial charge in [0, 0.05) is 6.04 Å². The first-order valence-electron chi connectivity index (χ1n) is 7.91. The van der Waals surface area contributed by atoms with Crippen LogP contribution < -0.4 is 10.1 Å². The Balaban J connectivity index is 1.79. The summed E-state index contributed by atoms with van der Waals surface area (Å²) in [5, 5.41) is 3.71. The largest absolute Gasteiger partial charge is 0.493 e. The zero-order valence-corrected chi connectivity index (χ0v) is 13.9. The van der Waals surface area contributed by atoms with Crippen LogP contribution >= 0.6 is 15.9 Å². The zero-order chi connectivity index (χ0) is 14.1. The van der Waals surface area contributed by atoms with E-state index in [0.717, 1.165) is 34.5 Å². The molecule has 2 fully saturated rings. The van der Waals surface area contributed by atoms with E-state index in [0.29, 0.717) is 12.6 Å². The molecule has 3 unspecified atom stereocenters. The van der Waals surface area contributed by atoms with Gasteiger partial charge in [0.15, 0.2) is 0 Å². The molecular formula is C17H24BrNO. The van der Waals surface area contributed by atoms with Crippen LogP contribution in [0, 0.1) is 17.8 Å². The summed E-state index contributed by atoms with van der Waals surface area (Å²) in [7, 11) is 0. The summed E-state index contributed by atoms with van der Waals surface area (Å²) in [5.41, 5.74) is 1.40. The standard InChI is InChI=1S/C17H24BrNO/c1-3-19-17(16-12-6-5-7-13(12)16)11-8-9-15(20-4-2)14(18)10-11/h8-10,12-13,16-17,19H,3-7H2,1-2H3. The van der Waals surface area contributed by atoms with Crippen LogP contribution in [0.3, 0.4) is 0 Å². The summed E-state index contributed by atoms with van der Waals surface area (Å²) in [5.74, 6) is 3.75. The van der Waals surface area contributed by atoms with E-state index in [9.17, 15) is 0 Å². The van der Waals surface area contributed by atoms with E-state index in [1.54, 1.807) is 0 Å². The maximum absolute atomic E-state index is 5.61. The van der Waals surface area contributed by atoms with Crippen molar-refractivity contribution >= 4 is 15.9 Å². The Morgan fingerprint density at radius 2 is 2.05 bits per heavy atom. The molecule has 1 N–H and O–H groups in total. The van der Waals surface area contributed by atoms with Crippen LogP contribution in [0.1, 0.15) is 44.7 Å². The van der Waals surface area contributed by atoms with E-state index in [-0.39, 0.29) is 0 Å². The SMILES string of the molecule is CCNC(c1ccc(OCC)c(Br)c1)C1C2CCCC21. The minimum absolute atomic E-state index is 0.516. The van der Waals surface area contributed by atoms with Crippen LogP contribution in [-0.4, -0.2) is 13.2 Å². The van der Waals surface area contributed by atoms with Gasteiger partial charge in [0.2, 0.25) is 0 Å². The average molecular weight is 338 g/mol. The van der Waals surface area contributed by atoms with E-state index in [1.165, 1.54) is 24.8 Å². The lowest BCUT2D eigenvalue weighted by molar-refractivity contribution is 0.337.